The molecule has 0 radical (unpaired) electrons. The maximum Gasteiger partial charge on any atom is 0.244 e. The fraction of sp³-hybridized carbons (Fsp3) is 0.933. The van der Waals surface area contributed by atoms with Crippen molar-refractivity contribution < 1.29 is 9.53 Å². The minimum Gasteiger partial charge on any atom is -0.378 e. The van der Waals surface area contributed by atoms with Crippen molar-refractivity contribution in [3.8, 4) is 0 Å². The van der Waals surface area contributed by atoms with Gasteiger partial charge in [0.2, 0.25) is 5.91 Å². The highest BCUT2D eigenvalue weighted by atomic mass is 16.5. The van der Waals surface area contributed by atoms with Gasteiger partial charge in [0, 0.05) is 13.2 Å². The zero-order valence-electron chi connectivity index (χ0n) is 12.0. The molecule has 0 bridgehead atoms. The summed E-state index contributed by atoms with van der Waals surface area (Å²) in [5.41, 5.74) is -0.159. The van der Waals surface area contributed by atoms with Crippen LogP contribution in [0.25, 0.3) is 0 Å². The predicted molar refractivity (Wildman–Crippen MR) is 73.7 cm³/mol. The molecular weight excluding hydrogens is 240 g/mol. The van der Waals surface area contributed by atoms with Gasteiger partial charge in [-0.15, -0.1) is 0 Å². The van der Waals surface area contributed by atoms with Crippen molar-refractivity contribution >= 4 is 5.91 Å². The number of nitrogens with one attached hydrogen (secondary N) is 1. The van der Waals surface area contributed by atoms with Gasteiger partial charge in [0.1, 0.15) is 0 Å². The van der Waals surface area contributed by atoms with Gasteiger partial charge in [-0.1, -0.05) is 13.3 Å². The van der Waals surface area contributed by atoms with Crippen molar-refractivity contribution in [2.45, 2.75) is 76.1 Å². The molecular formula is C15H26N2O2. The maximum absolute atomic E-state index is 12.5. The van der Waals surface area contributed by atoms with Crippen LogP contribution in [0.4, 0.5) is 0 Å². The Bertz CT molecular complexity index is 335. The van der Waals surface area contributed by atoms with E-state index < -0.39 is 0 Å². The minimum absolute atomic E-state index is 0.159. The summed E-state index contributed by atoms with van der Waals surface area (Å²) in [6, 6.07) is 0. The van der Waals surface area contributed by atoms with Crippen LogP contribution in [-0.4, -0.2) is 41.8 Å². The third-order valence-electron chi connectivity index (χ3n) is 4.77. The summed E-state index contributed by atoms with van der Waals surface area (Å²) in [6.45, 7) is 3.95. The van der Waals surface area contributed by atoms with Crippen molar-refractivity contribution in [3.63, 3.8) is 0 Å². The first-order valence-corrected chi connectivity index (χ1v) is 7.95. The Morgan fingerprint density at radius 3 is 2.84 bits per heavy atom. The highest BCUT2D eigenvalue weighted by Crippen LogP contribution is 2.42. The Kier molecular flexibility index (Phi) is 3.81. The minimum atomic E-state index is -0.159. The molecule has 1 spiro atoms. The van der Waals surface area contributed by atoms with Gasteiger partial charge in [0.15, 0.2) is 0 Å². The Morgan fingerprint density at radius 2 is 2.21 bits per heavy atom. The van der Waals surface area contributed by atoms with E-state index in [9.17, 15) is 4.79 Å². The molecule has 3 fully saturated rings. The van der Waals surface area contributed by atoms with Crippen molar-refractivity contribution in [3.05, 3.63) is 0 Å². The molecule has 4 heteroatoms. The normalized spacial score (nSPS) is 33.1. The topological polar surface area (TPSA) is 41.6 Å². The van der Waals surface area contributed by atoms with E-state index in [0.717, 1.165) is 45.3 Å². The van der Waals surface area contributed by atoms with Crippen LogP contribution in [0.1, 0.15) is 58.3 Å². The summed E-state index contributed by atoms with van der Waals surface area (Å²) >= 11 is 0. The summed E-state index contributed by atoms with van der Waals surface area (Å²) in [7, 11) is 0. The second kappa shape index (κ2) is 5.41. The molecule has 1 aliphatic carbocycles. The van der Waals surface area contributed by atoms with Crippen LogP contribution in [0.3, 0.4) is 0 Å². The largest absolute Gasteiger partial charge is 0.378 e. The summed E-state index contributed by atoms with van der Waals surface area (Å²) in [5, 5.41) is 3.57. The summed E-state index contributed by atoms with van der Waals surface area (Å²) < 4.78 is 5.78. The lowest BCUT2D eigenvalue weighted by atomic mass is 10.1. The van der Waals surface area contributed by atoms with E-state index in [2.05, 4.69) is 17.1 Å². The van der Waals surface area contributed by atoms with Gasteiger partial charge in [-0.25, -0.2) is 0 Å². The standard InChI is InChI=1S/C15H26N2O2/c1-2-5-13-16-15(8-9-15)14(18)17(13)10-7-12-6-3-4-11-19-12/h12-13,16H,2-11H2,1H3. The molecule has 3 rings (SSSR count). The molecule has 108 valence electrons. The zero-order valence-corrected chi connectivity index (χ0v) is 12.0. The number of carbonyl (C=O) groups is 1. The van der Waals surface area contributed by atoms with Crippen molar-refractivity contribution in [2.75, 3.05) is 13.2 Å². The first-order chi connectivity index (χ1) is 9.25. The van der Waals surface area contributed by atoms with Crippen LogP contribution in [0, 0.1) is 0 Å². The van der Waals surface area contributed by atoms with E-state index in [1.807, 2.05) is 0 Å². The van der Waals surface area contributed by atoms with Crippen LogP contribution in [0.5, 0.6) is 0 Å². The summed E-state index contributed by atoms with van der Waals surface area (Å²) in [4.78, 5) is 14.6. The highest BCUT2D eigenvalue weighted by molar-refractivity contribution is 5.91. The fourth-order valence-electron chi connectivity index (χ4n) is 3.44. The van der Waals surface area contributed by atoms with Crippen molar-refractivity contribution in [2.24, 2.45) is 0 Å². The van der Waals surface area contributed by atoms with E-state index >= 15 is 0 Å². The Morgan fingerprint density at radius 1 is 1.37 bits per heavy atom. The first kappa shape index (κ1) is 13.4. The lowest BCUT2D eigenvalue weighted by Gasteiger charge is -2.28. The fourth-order valence-corrected chi connectivity index (χ4v) is 3.44. The SMILES string of the molecule is CCCC1NC2(CC2)C(=O)N1CCC1CCCCO1. The van der Waals surface area contributed by atoms with Crippen LogP contribution in [0.15, 0.2) is 0 Å². The molecule has 2 saturated heterocycles. The van der Waals surface area contributed by atoms with E-state index in [4.69, 9.17) is 4.74 Å². The Hall–Kier alpha value is -0.610. The third kappa shape index (κ3) is 2.65. The Labute approximate surface area is 115 Å². The van der Waals surface area contributed by atoms with Gasteiger partial charge in [-0.05, 0) is 44.9 Å². The van der Waals surface area contributed by atoms with Crippen molar-refractivity contribution in [1.82, 2.24) is 10.2 Å². The molecule has 0 aromatic rings. The molecule has 0 aromatic heterocycles. The summed E-state index contributed by atoms with van der Waals surface area (Å²) in [5.74, 6) is 0.349. The second-order valence-electron chi connectivity index (χ2n) is 6.31. The number of carbonyl (C=O) groups excluding carboxylic acids is 1. The van der Waals surface area contributed by atoms with Gasteiger partial charge in [-0.2, -0.15) is 0 Å². The zero-order chi connectivity index (χ0) is 13.3. The van der Waals surface area contributed by atoms with Crippen LogP contribution in [-0.2, 0) is 9.53 Å². The van der Waals surface area contributed by atoms with Crippen LogP contribution >= 0.6 is 0 Å². The number of hydrogen-bond acceptors (Lipinski definition) is 3. The highest BCUT2D eigenvalue weighted by Gasteiger charge is 2.58. The predicted octanol–water partition coefficient (Wildman–Crippen LogP) is 2.04. The number of nitrogens with zero attached hydrogens (tertiary/aromatic N) is 1. The van der Waals surface area contributed by atoms with E-state index in [0.29, 0.717) is 12.0 Å². The quantitative estimate of drug-likeness (QED) is 0.828. The first-order valence-electron chi connectivity index (χ1n) is 7.95. The molecule has 1 N–H and O–H groups in total. The lowest BCUT2D eigenvalue weighted by molar-refractivity contribution is -0.131. The van der Waals surface area contributed by atoms with E-state index in [1.165, 1.54) is 19.3 Å². The molecule has 2 heterocycles. The van der Waals surface area contributed by atoms with E-state index in [1.54, 1.807) is 0 Å². The number of rotatable bonds is 5. The molecule has 2 atom stereocenters. The number of ether oxygens (including phenoxy) is 1. The van der Waals surface area contributed by atoms with E-state index in [-0.39, 0.29) is 11.7 Å². The van der Waals surface area contributed by atoms with Gasteiger partial charge in [-0.3, -0.25) is 10.1 Å². The molecule has 4 nitrogen and oxygen atoms in total. The van der Waals surface area contributed by atoms with Crippen molar-refractivity contribution in [1.29, 1.82) is 0 Å². The van der Waals surface area contributed by atoms with Crippen LogP contribution in [0.2, 0.25) is 0 Å². The molecule has 1 saturated carbocycles. The lowest BCUT2D eigenvalue weighted by Crippen LogP contribution is -2.39. The van der Waals surface area contributed by atoms with Gasteiger partial charge < -0.3 is 9.64 Å². The molecule has 2 aliphatic heterocycles. The van der Waals surface area contributed by atoms with Crippen LogP contribution < -0.4 is 5.32 Å². The average Bonchev–Trinajstić information content (AvgIpc) is 3.15. The smallest absolute Gasteiger partial charge is 0.244 e. The number of hydrogen-bond donors (Lipinski definition) is 1. The Balaban J connectivity index is 1.56. The average molecular weight is 266 g/mol. The maximum atomic E-state index is 12.5. The molecule has 0 aromatic carbocycles. The molecule has 3 aliphatic rings. The molecule has 2 unspecified atom stereocenters. The third-order valence-corrected chi connectivity index (χ3v) is 4.77. The van der Waals surface area contributed by atoms with Gasteiger partial charge in [0.05, 0.1) is 17.8 Å². The molecule has 1 amide bonds. The number of amides is 1. The monoisotopic (exact) mass is 266 g/mol. The second-order valence-corrected chi connectivity index (χ2v) is 6.31. The summed E-state index contributed by atoms with van der Waals surface area (Å²) in [6.07, 6.45) is 9.54. The molecule has 19 heavy (non-hydrogen) atoms. The van der Waals surface area contributed by atoms with Gasteiger partial charge >= 0.3 is 0 Å². The van der Waals surface area contributed by atoms with Gasteiger partial charge in [0.25, 0.3) is 0 Å².